The van der Waals surface area contributed by atoms with Gasteiger partial charge in [-0.05, 0) is 18.2 Å². The van der Waals surface area contributed by atoms with Crippen molar-refractivity contribution in [2.45, 2.75) is 11.8 Å². The number of benzene rings is 2. The largest absolute Gasteiger partial charge is 0.492 e. The molecule has 124 valence electrons. The molecular formula is C18H14F3NO2. The number of fused-ring (bicyclic) bond motifs is 2. The highest BCUT2D eigenvalue weighted by atomic mass is 19.4. The highest BCUT2D eigenvalue weighted by molar-refractivity contribution is 5.95. The number of ether oxygens (including phenoxy) is 2. The van der Waals surface area contributed by atoms with Crippen LogP contribution in [0.2, 0.25) is 0 Å². The van der Waals surface area contributed by atoms with E-state index < -0.39 is 24.3 Å². The van der Waals surface area contributed by atoms with E-state index in [-0.39, 0.29) is 12.4 Å². The lowest BCUT2D eigenvalue weighted by Crippen LogP contribution is -2.52. The summed E-state index contributed by atoms with van der Waals surface area (Å²) in [5.41, 5.74) is -0.509. The smallest absolute Gasteiger partial charge is 0.399 e. The van der Waals surface area contributed by atoms with Crippen molar-refractivity contribution in [1.82, 2.24) is 0 Å². The molecule has 0 N–H and O–H groups in total. The molecular weight excluding hydrogens is 319 g/mol. The Kier molecular flexibility index (Phi) is 3.30. The summed E-state index contributed by atoms with van der Waals surface area (Å²) in [5, 5.41) is 0. The van der Waals surface area contributed by atoms with Crippen LogP contribution in [0.4, 0.5) is 13.2 Å². The molecule has 0 aromatic heterocycles. The maximum Gasteiger partial charge on any atom is 0.399 e. The summed E-state index contributed by atoms with van der Waals surface area (Å²) >= 11 is 0. The summed E-state index contributed by atoms with van der Waals surface area (Å²) in [6.45, 7) is -0.556. The van der Waals surface area contributed by atoms with Crippen LogP contribution in [0.15, 0.2) is 59.6 Å². The molecule has 0 amide bonds. The highest BCUT2D eigenvalue weighted by Gasteiger charge is 2.61. The molecule has 0 fully saturated rings. The Hall–Kier alpha value is -2.50. The fourth-order valence-corrected chi connectivity index (χ4v) is 3.28. The first-order chi connectivity index (χ1) is 11.5. The monoisotopic (exact) mass is 333 g/mol. The second-order valence-corrected chi connectivity index (χ2v) is 5.88. The number of halogens is 3. The normalized spacial score (nSPS) is 25.6. The van der Waals surface area contributed by atoms with Gasteiger partial charge in [-0.1, -0.05) is 36.4 Å². The van der Waals surface area contributed by atoms with E-state index in [4.69, 9.17) is 9.47 Å². The third-order valence-corrected chi connectivity index (χ3v) is 4.46. The molecule has 2 aliphatic rings. The number of hydrogen-bond donors (Lipinski definition) is 0. The Balaban J connectivity index is 1.79. The molecule has 2 aliphatic heterocycles. The van der Waals surface area contributed by atoms with Crippen LogP contribution in [0.5, 0.6) is 5.75 Å². The molecule has 2 aromatic rings. The maximum absolute atomic E-state index is 13.7. The summed E-state index contributed by atoms with van der Waals surface area (Å²) in [7, 11) is 0. The second kappa shape index (κ2) is 5.26. The molecule has 0 unspecified atom stereocenters. The zero-order valence-electron chi connectivity index (χ0n) is 12.6. The SMILES string of the molecule is FC(F)(F)[C@H]1COc2ccccc2[C@@]12CN=C(c1ccccc1)O2. The van der Waals surface area contributed by atoms with Crippen LogP contribution in [0.25, 0.3) is 0 Å². The minimum atomic E-state index is -4.45. The molecule has 2 atom stereocenters. The fourth-order valence-electron chi connectivity index (χ4n) is 3.28. The standard InChI is InChI=1S/C18H14F3NO2/c19-18(20,21)15-10-23-14-9-5-4-8-13(14)17(15)11-22-16(24-17)12-6-2-1-3-7-12/h1-9,15H,10-11H2/t15-,17-/m0/s1. The lowest BCUT2D eigenvalue weighted by Gasteiger charge is -2.41. The first kappa shape index (κ1) is 15.1. The van der Waals surface area contributed by atoms with Gasteiger partial charge in [0.2, 0.25) is 5.90 Å². The van der Waals surface area contributed by atoms with Gasteiger partial charge in [-0.3, -0.25) is 0 Å². The quantitative estimate of drug-likeness (QED) is 0.792. The zero-order chi connectivity index (χ0) is 16.8. The van der Waals surface area contributed by atoms with Crippen molar-refractivity contribution in [1.29, 1.82) is 0 Å². The molecule has 24 heavy (non-hydrogen) atoms. The van der Waals surface area contributed by atoms with Crippen molar-refractivity contribution in [3.8, 4) is 5.75 Å². The fraction of sp³-hybridized carbons (Fsp3) is 0.278. The Labute approximate surface area is 136 Å². The molecule has 2 heterocycles. The number of alkyl halides is 3. The first-order valence-corrected chi connectivity index (χ1v) is 7.59. The van der Waals surface area contributed by atoms with Crippen molar-refractivity contribution in [3.05, 3.63) is 65.7 Å². The second-order valence-electron chi connectivity index (χ2n) is 5.88. The van der Waals surface area contributed by atoms with Crippen molar-refractivity contribution >= 4 is 5.90 Å². The van der Waals surface area contributed by atoms with Gasteiger partial charge in [-0.2, -0.15) is 13.2 Å². The molecule has 1 spiro atoms. The average Bonchev–Trinajstić information content (AvgIpc) is 3.00. The molecule has 4 rings (SSSR count). The van der Waals surface area contributed by atoms with Crippen LogP contribution < -0.4 is 4.74 Å². The predicted octanol–water partition coefficient (Wildman–Crippen LogP) is 3.93. The van der Waals surface area contributed by atoms with E-state index >= 15 is 0 Å². The number of nitrogens with zero attached hydrogens (tertiary/aromatic N) is 1. The van der Waals surface area contributed by atoms with Crippen molar-refractivity contribution < 1.29 is 22.6 Å². The number of rotatable bonds is 1. The number of hydrogen-bond acceptors (Lipinski definition) is 3. The number of para-hydroxylation sites is 1. The Bertz CT molecular complexity index is 788. The van der Waals surface area contributed by atoms with Gasteiger partial charge in [0.05, 0.1) is 6.54 Å². The summed E-state index contributed by atoms with van der Waals surface area (Å²) in [6.07, 6.45) is -4.45. The summed E-state index contributed by atoms with van der Waals surface area (Å²) in [4.78, 5) is 4.28. The Morgan fingerprint density at radius 2 is 1.71 bits per heavy atom. The summed E-state index contributed by atoms with van der Waals surface area (Å²) in [5.74, 6) is -1.12. The third-order valence-electron chi connectivity index (χ3n) is 4.46. The van der Waals surface area contributed by atoms with Crippen LogP contribution >= 0.6 is 0 Å². The van der Waals surface area contributed by atoms with Crippen LogP contribution in [0.3, 0.4) is 0 Å². The lowest BCUT2D eigenvalue weighted by molar-refractivity contribution is -0.233. The third kappa shape index (κ3) is 2.25. The average molecular weight is 333 g/mol. The molecule has 6 heteroatoms. The topological polar surface area (TPSA) is 30.8 Å². The first-order valence-electron chi connectivity index (χ1n) is 7.59. The van der Waals surface area contributed by atoms with Crippen molar-refractivity contribution in [2.24, 2.45) is 10.9 Å². The van der Waals surface area contributed by atoms with E-state index in [1.807, 2.05) is 6.07 Å². The van der Waals surface area contributed by atoms with Gasteiger partial charge in [0.25, 0.3) is 0 Å². The predicted molar refractivity (Wildman–Crippen MR) is 82.1 cm³/mol. The molecule has 0 radical (unpaired) electrons. The molecule has 0 saturated heterocycles. The van der Waals surface area contributed by atoms with Gasteiger partial charge < -0.3 is 9.47 Å². The van der Waals surface area contributed by atoms with Crippen LogP contribution in [0, 0.1) is 5.92 Å². The van der Waals surface area contributed by atoms with Crippen LogP contribution in [-0.2, 0) is 10.3 Å². The zero-order valence-corrected chi connectivity index (χ0v) is 12.6. The highest BCUT2D eigenvalue weighted by Crippen LogP contribution is 2.51. The van der Waals surface area contributed by atoms with Gasteiger partial charge in [0.15, 0.2) is 5.60 Å². The van der Waals surface area contributed by atoms with E-state index in [0.717, 1.165) is 0 Å². The van der Waals surface area contributed by atoms with Crippen LogP contribution in [-0.4, -0.2) is 25.2 Å². The van der Waals surface area contributed by atoms with E-state index in [0.29, 0.717) is 16.9 Å². The minimum Gasteiger partial charge on any atom is -0.492 e. The lowest BCUT2D eigenvalue weighted by atomic mass is 9.79. The van der Waals surface area contributed by atoms with Gasteiger partial charge >= 0.3 is 6.18 Å². The van der Waals surface area contributed by atoms with Gasteiger partial charge in [0.1, 0.15) is 18.3 Å². The van der Waals surface area contributed by atoms with E-state index in [1.165, 1.54) is 0 Å². The van der Waals surface area contributed by atoms with Crippen molar-refractivity contribution in [3.63, 3.8) is 0 Å². The molecule has 0 bridgehead atoms. The Morgan fingerprint density at radius 1 is 1.00 bits per heavy atom. The molecule has 0 saturated carbocycles. The summed E-state index contributed by atoms with van der Waals surface area (Å²) < 4.78 is 52.2. The van der Waals surface area contributed by atoms with E-state index in [1.54, 1.807) is 48.5 Å². The number of aliphatic imine (C=N–C) groups is 1. The van der Waals surface area contributed by atoms with Crippen molar-refractivity contribution in [2.75, 3.05) is 13.2 Å². The molecule has 3 nitrogen and oxygen atoms in total. The van der Waals surface area contributed by atoms with Crippen LogP contribution in [0.1, 0.15) is 11.1 Å². The van der Waals surface area contributed by atoms with E-state index in [2.05, 4.69) is 4.99 Å². The molecule has 0 aliphatic carbocycles. The Morgan fingerprint density at radius 3 is 2.46 bits per heavy atom. The minimum absolute atomic E-state index is 0.0816. The molecule has 2 aromatic carbocycles. The van der Waals surface area contributed by atoms with E-state index in [9.17, 15) is 13.2 Å². The van der Waals surface area contributed by atoms with Gasteiger partial charge in [0, 0.05) is 11.1 Å². The maximum atomic E-state index is 13.7. The van der Waals surface area contributed by atoms with Gasteiger partial charge in [-0.25, -0.2) is 4.99 Å². The van der Waals surface area contributed by atoms with Gasteiger partial charge in [-0.15, -0.1) is 0 Å². The summed E-state index contributed by atoms with van der Waals surface area (Å²) in [6, 6.07) is 15.7.